The van der Waals surface area contributed by atoms with Gasteiger partial charge in [0.1, 0.15) is 11.5 Å². The minimum atomic E-state index is -3.78. The number of hydrogen-bond donors (Lipinski definition) is 0. The predicted molar refractivity (Wildman–Crippen MR) is 89.7 cm³/mol. The van der Waals surface area contributed by atoms with Crippen LogP contribution in [0.1, 0.15) is 42.0 Å². The Kier molecular flexibility index (Phi) is 5.07. The van der Waals surface area contributed by atoms with Crippen molar-refractivity contribution in [3.8, 4) is 11.8 Å². The van der Waals surface area contributed by atoms with Gasteiger partial charge in [-0.05, 0) is 53.8 Å². The molecule has 0 aliphatic carbocycles. The van der Waals surface area contributed by atoms with Crippen molar-refractivity contribution in [3.05, 3.63) is 64.7 Å². The lowest BCUT2D eigenvalue weighted by Crippen LogP contribution is -2.12. The third-order valence-electron chi connectivity index (χ3n) is 3.36. The van der Waals surface area contributed by atoms with Crippen molar-refractivity contribution in [2.75, 3.05) is 0 Å². The maximum atomic E-state index is 12.3. The smallest absolute Gasteiger partial charge is 0.313 e. The van der Waals surface area contributed by atoms with Crippen molar-refractivity contribution in [2.45, 2.75) is 32.4 Å². The van der Waals surface area contributed by atoms with Crippen LogP contribution >= 0.6 is 0 Å². The van der Waals surface area contributed by atoms with E-state index in [0.717, 1.165) is 11.1 Å². The van der Waals surface area contributed by atoms with E-state index in [9.17, 15) is 8.42 Å². The minimum Gasteiger partial charge on any atom is -0.382 e. The van der Waals surface area contributed by atoms with Gasteiger partial charge in [0.05, 0.1) is 11.6 Å². The molecule has 2 aromatic carbocycles. The standard InChI is InChI=1S/C18H19NO3S/c1-13(2)17-7-14(3)8-18(10-17)22-23(20,21)12-16-6-4-5-15(9-16)11-19/h4-10,13H,12H2,1-3H3. The van der Waals surface area contributed by atoms with E-state index in [1.54, 1.807) is 36.4 Å². The van der Waals surface area contributed by atoms with Crippen LogP contribution in [0, 0.1) is 18.3 Å². The highest BCUT2D eigenvalue weighted by atomic mass is 32.2. The Balaban J connectivity index is 2.23. The van der Waals surface area contributed by atoms with Gasteiger partial charge in [0, 0.05) is 0 Å². The monoisotopic (exact) mass is 329 g/mol. The summed E-state index contributed by atoms with van der Waals surface area (Å²) < 4.78 is 29.8. The number of nitriles is 1. The second-order valence-electron chi connectivity index (χ2n) is 5.83. The molecule has 0 spiro atoms. The first-order valence-electron chi connectivity index (χ1n) is 7.32. The number of aryl methyl sites for hydroxylation is 1. The Morgan fingerprint density at radius 3 is 2.57 bits per heavy atom. The molecule has 0 aromatic heterocycles. The summed E-state index contributed by atoms with van der Waals surface area (Å²) in [4.78, 5) is 0. The summed E-state index contributed by atoms with van der Waals surface area (Å²) in [5, 5.41) is 8.88. The second kappa shape index (κ2) is 6.84. The van der Waals surface area contributed by atoms with Crippen LogP contribution in [0.2, 0.25) is 0 Å². The van der Waals surface area contributed by atoms with E-state index in [2.05, 4.69) is 0 Å². The third-order valence-corrected chi connectivity index (χ3v) is 4.50. The molecule has 0 atom stereocenters. The summed E-state index contributed by atoms with van der Waals surface area (Å²) >= 11 is 0. The molecule has 5 heteroatoms. The van der Waals surface area contributed by atoms with E-state index in [1.165, 1.54) is 0 Å². The number of nitrogens with zero attached hydrogens (tertiary/aromatic N) is 1. The summed E-state index contributed by atoms with van der Waals surface area (Å²) in [6, 6.07) is 14.0. The largest absolute Gasteiger partial charge is 0.382 e. The van der Waals surface area contributed by atoms with Crippen LogP contribution in [0.25, 0.3) is 0 Å². The minimum absolute atomic E-state index is 0.270. The average Bonchev–Trinajstić information content (AvgIpc) is 2.45. The second-order valence-corrected chi connectivity index (χ2v) is 7.40. The first kappa shape index (κ1) is 17.0. The molecule has 2 aromatic rings. The van der Waals surface area contributed by atoms with Gasteiger partial charge in [-0.25, -0.2) is 0 Å². The quantitative estimate of drug-likeness (QED) is 0.780. The highest BCUT2D eigenvalue weighted by molar-refractivity contribution is 7.86. The number of benzene rings is 2. The van der Waals surface area contributed by atoms with Gasteiger partial charge in [-0.3, -0.25) is 0 Å². The molecule has 23 heavy (non-hydrogen) atoms. The third kappa shape index (κ3) is 4.83. The summed E-state index contributed by atoms with van der Waals surface area (Å²) in [5.74, 6) is 0.338. The van der Waals surface area contributed by atoms with Crippen LogP contribution in [0.15, 0.2) is 42.5 Å². The van der Waals surface area contributed by atoms with Crippen LogP contribution in [-0.4, -0.2) is 8.42 Å². The first-order chi connectivity index (χ1) is 10.8. The predicted octanol–water partition coefficient (Wildman–Crippen LogP) is 3.90. The van der Waals surface area contributed by atoms with Gasteiger partial charge in [-0.2, -0.15) is 13.7 Å². The van der Waals surface area contributed by atoms with Gasteiger partial charge in [0.25, 0.3) is 0 Å². The SMILES string of the molecule is Cc1cc(OS(=O)(=O)Cc2cccc(C#N)c2)cc(C(C)C)c1. The molecule has 0 saturated carbocycles. The molecule has 0 N–H and O–H groups in total. The molecule has 4 nitrogen and oxygen atoms in total. The zero-order chi connectivity index (χ0) is 17.0. The maximum Gasteiger partial charge on any atom is 0.313 e. The van der Waals surface area contributed by atoms with Crippen LogP contribution in [-0.2, 0) is 15.9 Å². The van der Waals surface area contributed by atoms with Crippen LogP contribution < -0.4 is 4.18 Å². The molecule has 0 bridgehead atoms. The fraction of sp³-hybridized carbons (Fsp3) is 0.278. The summed E-state index contributed by atoms with van der Waals surface area (Å²) in [6.45, 7) is 5.99. The maximum absolute atomic E-state index is 12.3. The summed E-state index contributed by atoms with van der Waals surface area (Å²) in [7, 11) is -3.78. The first-order valence-corrected chi connectivity index (χ1v) is 8.89. The zero-order valence-corrected chi connectivity index (χ0v) is 14.2. The molecule has 0 heterocycles. The number of rotatable bonds is 5. The van der Waals surface area contributed by atoms with Crippen molar-refractivity contribution >= 4 is 10.1 Å². The van der Waals surface area contributed by atoms with Crippen molar-refractivity contribution < 1.29 is 12.6 Å². The number of hydrogen-bond acceptors (Lipinski definition) is 4. The average molecular weight is 329 g/mol. The van der Waals surface area contributed by atoms with Gasteiger partial charge in [0.15, 0.2) is 0 Å². The van der Waals surface area contributed by atoms with Crippen LogP contribution in [0.5, 0.6) is 5.75 Å². The lowest BCUT2D eigenvalue weighted by atomic mass is 10.0. The normalized spacial score (nSPS) is 11.3. The van der Waals surface area contributed by atoms with Crippen molar-refractivity contribution in [2.24, 2.45) is 0 Å². The Morgan fingerprint density at radius 1 is 1.17 bits per heavy atom. The van der Waals surface area contributed by atoms with Crippen molar-refractivity contribution in [1.82, 2.24) is 0 Å². The Labute approximate surface area is 137 Å². The van der Waals surface area contributed by atoms with Gasteiger partial charge in [-0.1, -0.05) is 32.0 Å². The van der Waals surface area contributed by atoms with Crippen molar-refractivity contribution in [3.63, 3.8) is 0 Å². The molecule has 0 saturated heterocycles. The van der Waals surface area contributed by atoms with E-state index >= 15 is 0 Å². The Bertz CT molecular complexity index is 849. The van der Waals surface area contributed by atoms with Gasteiger partial charge < -0.3 is 4.18 Å². The Morgan fingerprint density at radius 2 is 1.91 bits per heavy atom. The van der Waals surface area contributed by atoms with E-state index in [-0.39, 0.29) is 11.7 Å². The van der Waals surface area contributed by atoms with E-state index in [4.69, 9.17) is 9.44 Å². The van der Waals surface area contributed by atoms with Crippen LogP contribution in [0.4, 0.5) is 0 Å². The highest BCUT2D eigenvalue weighted by Crippen LogP contribution is 2.24. The molecule has 0 fully saturated rings. The summed E-state index contributed by atoms with van der Waals surface area (Å²) in [6.07, 6.45) is 0. The zero-order valence-electron chi connectivity index (χ0n) is 13.4. The Hall–Kier alpha value is -2.32. The molecule has 0 aliphatic rings. The molecular formula is C18H19NO3S. The lowest BCUT2D eigenvalue weighted by Gasteiger charge is -2.12. The fourth-order valence-corrected chi connectivity index (χ4v) is 3.31. The molecule has 0 aliphatic heterocycles. The van der Waals surface area contributed by atoms with Crippen LogP contribution in [0.3, 0.4) is 0 Å². The lowest BCUT2D eigenvalue weighted by molar-refractivity contribution is 0.484. The highest BCUT2D eigenvalue weighted by Gasteiger charge is 2.15. The molecule has 0 amide bonds. The molecular weight excluding hydrogens is 310 g/mol. The van der Waals surface area contributed by atoms with Gasteiger partial charge in [0.2, 0.25) is 0 Å². The fourth-order valence-electron chi connectivity index (χ4n) is 2.27. The molecule has 2 rings (SSSR count). The molecule has 0 radical (unpaired) electrons. The van der Waals surface area contributed by atoms with E-state index in [0.29, 0.717) is 16.9 Å². The van der Waals surface area contributed by atoms with Gasteiger partial charge in [-0.15, -0.1) is 0 Å². The van der Waals surface area contributed by atoms with E-state index in [1.807, 2.05) is 32.9 Å². The molecule has 0 unspecified atom stereocenters. The van der Waals surface area contributed by atoms with E-state index < -0.39 is 10.1 Å². The van der Waals surface area contributed by atoms with Crippen molar-refractivity contribution in [1.29, 1.82) is 5.26 Å². The molecule has 120 valence electrons. The topological polar surface area (TPSA) is 67.2 Å². The van der Waals surface area contributed by atoms with Gasteiger partial charge >= 0.3 is 10.1 Å². The summed E-state index contributed by atoms with van der Waals surface area (Å²) in [5.41, 5.74) is 2.94.